The maximum atomic E-state index is 12.1. The number of carbonyl (C=O) groups is 1. The van der Waals surface area contributed by atoms with Crippen LogP contribution >= 0.6 is 0 Å². The Morgan fingerprint density at radius 2 is 1.03 bits per heavy atom. The molecule has 0 aromatic heterocycles. The number of carbonyl (C=O) groups excluding carboxylic acids is 1. The lowest BCUT2D eigenvalue weighted by Crippen LogP contribution is -2.18. The number of aromatic hydroxyl groups is 1. The number of esters is 1. The summed E-state index contributed by atoms with van der Waals surface area (Å²) in [4.78, 5) is 12.1. The molecule has 0 atom stereocenters. The first-order chi connectivity index (χ1) is 18.5. The third kappa shape index (κ3) is 13.4. The third-order valence-electron chi connectivity index (χ3n) is 4.68. The van der Waals surface area contributed by atoms with E-state index in [9.17, 15) is 9.90 Å². The molecular formula is C36H28O3. The zero-order valence-electron chi connectivity index (χ0n) is 23.3. The molecule has 3 heteroatoms. The van der Waals surface area contributed by atoms with Gasteiger partial charge >= 0.3 is 5.97 Å². The highest BCUT2D eigenvalue weighted by Gasteiger charge is 2.26. The van der Waals surface area contributed by atoms with Crippen molar-refractivity contribution in [2.75, 3.05) is 0 Å². The van der Waals surface area contributed by atoms with Crippen LogP contribution in [0.15, 0.2) is 12.1 Å². The summed E-state index contributed by atoms with van der Waals surface area (Å²) in [7, 11) is 0. The molecule has 190 valence electrons. The number of rotatable bonds is 3. The van der Waals surface area contributed by atoms with E-state index in [1.807, 2.05) is 53.7 Å². The normalized spacial score (nSPS) is 8.49. The summed E-state index contributed by atoms with van der Waals surface area (Å²) in [5, 5.41) is 10.8. The first kappa shape index (κ1) is 31.6. The lowest BCUT2D eigenvalue weighted by Gasteiger charge is -2.28. The van der Waals surface area contributed by atoms with Gasteiger partial charge in [-0.2, -0.15) is 0 Å². The van der Waals surface area contributed by atoms with E-state index < -0.39 is 5.97 Å². The van der Waals surface area contributed by atoms with Crippen molar-refractivity contribution < 1.29 is 14.6 Å². The third-order valence-corrected chi connectivity index (χ3v) is 4.68. The molecule has 0 fully saturated rings. The van der Waals surface area contributed by atoms with Crippen LogP contribution in [0.3, 0.4) is 0 Å². The van der Waals surface area contributed by atoms with Crippen molar-refractivity contribution in [3.8, 4) is 113 Å². The Kier molecular flexibility index (Phi) is 13.2. The monoisotopic (exact) mass is 508 g/mol. The molecule has 0 unspecified atom stereocenters. The summed E-state index contributed by atoms with van der Waals surface area (Å²) in [5.41, 5.74) is 2.18. The van der Waals surface area contributed by atoms with E-state index in [4.69, 9.17) is 4.74 Å². The van der Waals surface area contributed by atoms with Gasteiger partial charge in [0.2, 0.25) is 0 Å². The molecule has 1 N–H and O–H groups in total. The largest absolute Gasteiger partial charge is 0.507 e. The van der Waals surface area contributed by atoms with Gasteiger partial charge in [-0.3, -0.25) is 4.79 Å². The van der Waals surface area contributed by atoms with Gasteiger partial charge in [0.25, 0.3) is 0 Å². The summed E-state index contributed by atoms with van der Waals surface area (Å²) in [6.45, 7) is 14.0. The number of ether oxygens (including phenoxy) is 1. The van der Waals surface area contributed by atoms with E-state index in [0.717, 1.165) is 16.7 Å². The van der Waals surface area contributed by atoms with E-state index in [0.29, 0.717) is 12.2 Å². The lowest BCUT2D eigenvalue weighted by molar-refractivity contribution is -0.136. The van der Waals surface area contributed by atoms with Gasteiger partial charge < -0.3 is 9.84 Å². The number of aryl methyl sites for hydroxylation is 1. The molecule has 0 amide bonds. The zero-order valence-corrected chi connectivity index (χ0v) is 23.3. The highest BCUT2D eigenvalue weighted by molar-refractivity contribution is 5.71. The van der Waals surface area contributed by atoms with Crippen molar-refractivity contribution >= 4 is 5.97 Å². The molecule has 0 radical (unpaired) electrons. The molecule has 0 saturated carbocycles. The van der Waals surface area contributed by atoms with Gasteiger partial charge in [-0.25, -0.2) is 0 Å². The van der Waals surface area contributed by atoms with Crippen molar-refractivity contribution in [1.29, 1.82) is 0 Å². The highest BCUT2D eigenvalue weighted by Crippen LogP contribution is 2.39. The van der Waals surface area contributed by atoms with Gasteiger partial charge in [0.15, 0.2) is 0 Å². The number of phenolic OH excluding ortho intramolecular Hbond substituents is 1. The van der Waals surface area contributed by atoms with Gasteiger partial charge in [-0.05, 0) is 88.2 Å². The van der Waals surface area contributed by atoms with Crippen molar-refractivity contribution in [3.05, 3.63) is 28.8 Å². The fraction of sp³-hybridized carbons (Fsp3) is 0.306. The van der Waals surface area contributed by atoms with Gasteiger partial charge in [-0.15, -0.1) is 0 Å². The van der Waals surface area contributed by atoms with Crippen LogP contribution in [-0.4, -0.2) is 11.1 Å². The van der Waals surface area contributed by atoms with Gasteiger partial charge in [0, 0.05) is 47.4 Å². The average molecular weight is 509 g/mol. The van der Waals surface area contributed by atoms with Crippen LogP contribution in [0, 0.1) is 107 Å². The molecule has 0 aliphatic carbocycles. The highest BCUT2D eigenvalue weighted by atomic mass is 16.5. The fourth-order valence-electron chi connectivity index (χ4n) is 2.89. The lowest BCUT2D eigenvalue weighted by atomic mass is 9.78. The molecule has 0 heterocycles. The van der Waals surface area contributed by atoms with Crippen LogP contribution < -0.4 is 0 Å². The molecule has 1 aromatic carbocycles. The Hall–Kier alpha value is -5.47. The van der Waals surface area contributed by atoms with Crippen LogP contribution in [0.5, 0.6) is 5.75 Å². The molecule has 39 heavy (non-hydrogen) atoms. The molecule has 0 aliphatic heterocycles. The summed E-state index contributed by atoms with van der Waals surface area (Å²) in [6, 6.07) is 3.90. The predicted octanol–water partition coefficient (Wildman–Crippen LogP) is 4.47. The SMILES string of the molecule is CC#CC#CC#CC#CC#CC#CC#CC#CC#COC(=O)CCc1cc(C(C)(C)C)c(O)c(C(C)(C)C)c1. The summed E-state index contributed by atoms with van der Waals surface area (Å²) < 4.78 is 4.92. The number of hydrogen-bond acceptors (Lipinski definition) is 3. The van der Waals surface area contributed by atoms with Crippen LogP contribution in [0.2, 0.25) is 0 Å². The molecule has 0 saturated heterocycles. The number of phenols is 1. The Morgan fingerprint density at radius 1 is 0.667 bits per heavy atom. The van der Waals surface area contributed by atoms with Crippen molar-refractivity contribution in [2.24, 2.45) is 0 Å². The van der Waals surface area contributed by atoms with Crippen LogP contribution in [0.1, 0.15) is 71.6 Å². The van der Waals surface area contributed by atoms with E-state index in [-0.39, 0.29) is 17.3 Å². The van der Waals surface area contributed by atoms with E-state index >= 15 is 0 Å². The molecule has 0 aliphatic rings. The minimum atomic E-state index is -0.463. The maximum Gasteiger partial charge on any atom is 0.320 e. The average Bonchev–Trinajstić information content (AvgIpc) is 2.86. The fourth-order valence-corrected chi connectivity index (χ4v) is 2.89. The number of benzene rings is 1. The summed E-state index contributed by atoms with van der Waals surface area (Å²) >= 11 is 0. The molecule has 0 spiro atoms. The minimum Gasteiger partial charge on any atom is -0.507 e. The summed E-state index contributed by atoms with van der Waals surface area (Å²) in [6.07, 6.45) is 2.89. The predicted molar refractivity (Wildman–Crippen MR) is 156 cm³/mol. The van der Waals surface area contributed by atoms with Crippen LogP contribution in [0.4, 0.5) is 0 Å². The Labute approximate surface area is 233 Å². The van der Waals surface area contributed by atoms with Crippen molar-refractivity contribution in [3.63, 3.8) is 0 Å². The summed E-state index contributed by atoms with van der Waals surface area (Å²) in [5.74, 6) is 42.5. The smallest absolute Gasteiger partial charge is 0.320 e. The first-order valence-electron chi connectivity index (χ1n) is 11.9. The quantitative estimate of drug-likeness (QED) is 0.484. The van der Waals surface area contributed by atoms with E-state index in [1.54, 1.807) is 6.92 Å². The van der Waals surface area contributed by atoms with Crippen molar-refractivity contribution in [2.45, 2.75) is 72.1 Å². The van der Waals surface area contributed by atoms with Crippen LogP contribution in [0.25, 0.3) is 0 Å². The molecular weight excluding hydrogens is 480 g/mol. The van der Waals surface area contributed by atoms with Crippen LogP contribution in [-0.2, 0) is 26.8 Å². The Morgan fingerprint density at radius 3 is 1.38 bits per heavy atom. The molecule has 3 nitrogen and oxygen atoms in total. The zero-order chi connectivity index (χ0) is 29.2. The van der Waals surface area contributed by atoms with Gasteiger partial charge in [0.1, 0.15) is 11.9 Å². The standard InChI is InChI=1S/C36H28O3/c1-8-9-10-11-12-13-14-15-16-17-18-19-20-21-22-23-24-27-39-33(37)26-25-30-28-31(35(2,3)4)34(38)32(29-30)36(5,6)7/h28-29,38H,25-26H2,1-7H3. The van der Waals surface area contributed by atoms with Crippen molar-refractivity contribution in [1.82, 2.24) is 0 Å². The van der Waals surface area contributed by atoms with E-state index in [1.165, 1.54) is 0 Å². The van der Waals surface area contributed by atoms with Gasteiger partial charge in [-0.1, -0.05) is 59.6 Å². The van der Waals surface area contributed by atoms with Gasteiger partial charge in [0.05, 0.1) is 6.42 Å². The first-order valence-corrected chi connectivity index (χ1v) is 11.9. The molecule has 1 aromatic rings. The second kappa shape index (κ2) is 16.3. The maximum absolute atomic E-state index is 12.1. The Balaban J connectivity index is 2.64. The minimum absolute atomic E-state index is 0.148. The molecule has 0 bridgehead atoms. The van der Waals surface area contributed by atoms with E-state index in [2.05, 4.69) is 107 Å². The Bertz CT molecular complexity index is 1630. The number of hydrogen-bond donors (Lipinski definition) is 1. The second-order valence-electron chi connectivity index (χ2n) is 9.87. The topological polar surface area (TPSA) is 46.5 Å². The second-order valence-corrected chi connectivity index (χ2v) is 9.87. The molecule has 1 rings (SSSR count).